The minimum Gasteiger partial charge on any atom is -0.394 e. The summed E-state index contributed by atoms with van der Waals surface area (Å²) in [7, 11) is 0. The second-order valence-corrected chi connectivity index (χ2v) is 3.50. The van der Waals surface area contributed by atoms with Gasteiger partial charge in [-0.1, -0.05) is 0 Å². The van der Waals surface area contributed by atoms with Crippen LogP contribution in [0.4, 0.5) is 5.82 Å². The fourth-order valence-corrected chi connectivity index (χ4v) is 1.67. The zero-order valence-electron chi connectivity index (χ0n) is 8.70. The molecule has 16 heavy (non-hydrogen) atoms. The SMILES string of the molecule is N#Cc1ccnnc1N1CCOC(CO)C1. The van der Waals surface area contributed by atoms with E-state index in [1.54, 1.807) is 6.07 Å². The van der Waals surface area contributed by atoms with Crippen molar-refractivity contribution in [3.8, 4) is 6.07 Å². The topological polar surface area (TPSA) is 82.3 Å². The van der Waals surface area contributed by atoms with Gasteiger partial charge in [-0.15, -0.1) is 5.10 Å². The van der Waals surface area contributed by atoms with Crippen LogP contribution in [0.15, 0.2) is 12.3 Å². The number of morpholine rings is 1. The van der Waals surface area contributed by atoms with Crippen molar-refractivity contribution >= 4 is 5.82 Å². The standard InChI is InChI=1S/C10H12N4O2/c11-5-8-1-2-12-13-10(8)14-3-4-16-9(6-14)7-15/h1-2,9,15H,3-4,6-7H2. The predicted molar refractivity (Wildman–Crippen MR) is 55.8 cm³/mol. The number of aliphatic hydroxyl groups is 1. The number of anilines is 1. The predicted octanol–water partition coefficient (Wildman–Crippen LogP) is -0.454. The quantitative estimate of drug-likeness (QED) is 0.726. The molecule has 0 spiro atoms. The Bertz CT molecular complexity index is 404. The molecule has 1 fully saturated rings. The summed E-state index contributed by atoms with van der Waals surface area (Å²) in [6, 6.07) is 3.71. The fourth-order valence-electron chi connectivity index (χ4n) is 1.67. The lowest BCUT2D eigenvalue weighted by molar-refractivity contribution is 0.00331. The molecule has 1 atom stereocenters. The van der Waals surface area contributed by atoms with Crippen molar-refractivity contribution in [3.63, 3.8) is 0 Å². The van der Waals surface area contributed by atoms with Crippen LogP contribution < -0.4 is 4.90 Å². The minimum atomic E-state index is -0.220. The van der Waals surface area contributed by atoms with Crippen molar-refractivity contribution in [1.82, 2.24) is 10.2 Å². The largest absolute Gasteiger partial charge is 0.394 e. The Morgan fingerprint density at radius 2 is 2.56 bits per heavy atom. The summed E-state index contributed by atoms with van der Waals surface area (Å²) in [4.78, 5) is 1.91. The second-order valence-electron chi connectivity index (χ2n) is 3.50. The first-order valence-corrected chi connectivity index (χ1v) is 5.04. The maximum absolute atomic E-state index is 9.03. The highest BCUT2D eigenvalue weighted by Gasteiger charge is 2.22. The molecule has 1 aromatic rings. The van der Waals surface area contributed by atoms with Gasteiger partial charge in [-0.05, 0) is 6.07 Å². The van der Waals surface area contributed by atoms with Crippen molar-refractivity contribution < 1.29 is 9.84 Å². The van der Waals surface area contributed by atoms with Crippen LogP contribution in [0.5, 0.6) is 0 Å². The molecule has 1 saturated heterocycles. The summed E-state index contributed by atoms with van der Waals surface area (Å²) in [5.74, 6) is 0.562. The second kappa shape index (κ2) is 4.88. The molecule has 0 amide bonds. The van der Waals surface area contributed by atoms with Gasteiger partial charge in [-0.25, -0.2) is 0 Å². The molecule has 1 aromatic heterocycles. The molecule has 1 unspecified atom stereocenters. The molecule has 0 aliphatic carbocycles. The average molecular weight is 220 g/mol. The average Bonchev–Trinajstić information content (AvgIpc) is 2.38. The Morgan fingerprint density at radius 1 is 1.69 bits per heavy atom. The van der Waals surface area contributed by atoms with E-state index < -0.39 is 0 Å². The van der Waals surface area contributed by atoms with Gasteiger partial charge in [0, 0.05) is 13.1 Å². The van der Waals surface area contributed by atoms with Crippen molar-refractivity contribution in [2.75, 3.05) is 31.2 Å². The number of ether oxygens (including phenoxy) is 1. The van der Waals surface area contributed by atoms with Crippen LogP contribution in [-0.4, -0.2) is 47.7 Å². The maximum atomic E-state index is 9.03. The van der Waals surface area contributed by atoms with Gasteiger partial charge in [-0.2, -0.15) is 10.4 Å². The molecule has 1 N–H and O–H groups in total. The van der Waals surface area contributed by atoms with E-state index in [2.05, 4.69) is 16.3 Å². The van der Waals surface area contributed by atoms with Crippen molar-refractivity contribution in [3.05, 3.63) is 17.8 Å². The Morgan fingerprint density at radius 3 is 3.31 bits per heavy atom. The first kappa shape index (κ1) is 10.8. The lowest BCUT2D eigenvalue weighted by Crippen LogP contribution is -2.44. The first-order chi connectivity index (χ1) is 7.85. The summed E-state index contributed by atoms with van der Waals surface area (Å²) in [6.07, 6.45) is 1.27. The summed E-state index contributed by atoms with van der Waals surface area (Å²) in [5, 5.41) is 25.7. The van der Waals surface area contributed by atoms with Crippen LogP contribution in [0.25, 0.3) is 0 Å². The molecule has 6 heteroatoms. The molecule has 2 heterocycles. The molecule has 0 bridgehead atoms. The third kappa shape index (κ3) is 2.10. The third-order valence-electron chi connectivity index (χ3n) is 2.46. The van der Waals surface area contributed by atoms with E-state index in [-0.39, 0.29) is 12.7 Å². The molecule has 6 nitrogen and oxygen atoms in total. The number of nitrogens with zero attached hydrogens (tertiary/aromatic N) is 4. The van der Waals surface area contributed by atoms with E-state index in [4.69, 9.17) is 15.1 Å². The van der Waals surface area contributed by atoms with Gasteiger partial charge >= 0.3 is 0 Å². The number of nitriles is 1. The lowest BCUT2D eigenvalue weighted by atomic mass is 10.2. The highest BCUT2D eigenvalue weighted by Crippen LogP contribution is 2.18. The summed E-state index contributed by atoms with van der Waals surface area (Å²) in [6.45, 7) is 1.68. The van der Waals surface area contributed by atoms with E-state index >= 15 is 0 Å². The van der Waals surface area contributed by atoms with Crippen LogP contribution in [0, 0.1) is 11.3 Å². The van der Waals surface area contributed by atoms with Gasteiger partial charge in [0.25, 0.3) is 0 Å². The molecule has 2 rings (SSSR count). The van der Waals surface area contributed by atoms with E-state index in [0.717, 1.165) is 0 Å². The Kier molecular flexibility index (Phi) is 3.29. The monoisotopic (exact) mass is 220 g/mol. The Balaban J connectivity index is 2.20. The van der Waals surface area contributed by atoms with Gasteiger partial charge in [0.1, 0.15) is 6.07 Å². The molecule has 1 aliphatic rings. The molecule has 0 saturated carbocycles. The van der Waals surface area contributed by atoms with Gasteiger partial charge in [0.2, 0.25) is 0 Å². The van der Waals surface area contributed by atoms with Gasteiger partial charge in [0.05, 0.1) is 31.1 Å². The number of hydrogen-bond donors (Lipinski definition) is 1. The number of aromatic nitrogens is 2. The van der Waals surface area contributed by atoms with Crippen molar-refractivity contribution in [2.45, 2.75) is 6.10 Å². The third-order valence-corrected chi connectivity index (χ3v) is 2.46. The Labute approximate surface area is 93.1 Å². The lowest BCUT2D eigenvalue weighted by Gasteiger charge is -2.32. The van der Waals surface area contributed by atoms with Crippen LogP contribution in [-0.2, 0) is 4.74 Å². The number of rotatable bonds is 2. The van der Waals surface area contributed by atoms with Gasteiger partial charge in [0.15, 0.2) is 5.82 Å². The summed E-state index contributed by atoms with van der Waals surface area (Å²) in [5.41, 5.74) is 0.494. The van der Waals surface area contributed by atoms with Crippen LogP contribution in [0.3, 0.4) is 0 Å². The van der Waals surface area contributed by atoms with E-state index in [1.165, 1.54) is 6.20 Å². The molecule has 0 aromatic carbocycles. The number of hydrogen-bond acceptors (Lipinski definition) is 6. The smallest absolute Gasteiger partial charge is 0.169 e. The normalized spacial score (nSPS) is 20.5. The van der Waals surface area contributed by atoms with Crippen molar-refractivity contribution in [2.24, 2.45) is 0 Å². The zero-order chi connectivity index (χ0) is 11.4. The molecular formula is C10H12N4O2. The van der Waals surface area contributed by atoms with Gasteiger partial charge < -0.3 is 14.7 Å². The molecule has 1 aliphatic heterocycles. The summed E-state index contributed by atoms with van der Waals surface area (Å²) >= 11 is 0. The molecule has 84 valence electrons. The summed E-state index contributed by atoms with van der Waals surface area (Å²) < 4.78 is 5.33. The highest BCUT2D eigenvalue weighted by atomic mass is 16.5. The molecule has 0 radical (unpaired) electrons. The van der Waals surface area contributed by atoms with E-state index in [9.17, 15) is 0 Å². The van der Waals surface area contributed by atoms with Crippen LogP contribution >= 0.6 is 0 Å². The minimum absolute atomic E-state index is 0.0291. The Hall–Kier alpha value is -1.71. The first-order valence-electron chi connectivity index (χ1n) is 5.04. The van der Waals surface area contributed by atoms with E-state index in [0.29, 0.717) is 31.1 Å². The van der Waals surface area contributed by atoms with Gasteiger partial charge in [-0.3, -0.25) is 0 Å². The van der Waals surface area contributed by atoms with Crippen LogP contribution in [0.1, 0.15) is 5.56 Å². The van der Waals surface area contributed by atoms with Crippen molar-refractivity contribution in [1.29, 1.82) is 5.26 Å². The maximum Gasteiger partial charge on any atom is 0.169 e. The molecular weight excluding hydrogens is 208 g/mol. The van der Waals surface area contributed by atoms with E-state index in [1.807, 2.05) is 4.90 Å². The highest BCUT2D eigenvalue weighted by molar-refractivity contribution is 5.52. The fraction of sp³-hybridized carbons (Fsp3) is 0.500. The van der Waals surface area contributed by atoms with Crippen LogP contribution in [0.2, 0.25) is 0 Å². The number of aliphatic hydroxyl groups excluding tert-OH is 1. The zero-order valence-corrected chi connectivity index (χ0v) is 8.70.